The molecule has 3 aromatic carbocycles. The second kappa shape index (κ2) is 10.6. The molecular formula is C26H23F3N2O5. The van der Waals surface area contributed by atoms with E-state index in [-0.39, 0.29) is 25.6 Å². The summed E-state index contributed by atoms with van der Waals surface area (Å²) in [6.07, 6.45) is -4.76. The van der Waals surface area contributed by atoms with E-state index >= 15 is 0 Å². The van der Waals surface area contributed by atoms with Gasteiger partial charge in [0.05, 0.1) is 17.8 Å². The Morgan fingerprint density at radius 2 is 1.69 bits per heavy atom. The Kier molecular flexibility index (Phi) is 7.33. The molecule has 4 aromatic rings. The van der Waals surface area contributed by atoms with Gasteiger partial charge in [0.2, 0.25) is 0 Å². The maximum atomic E-state index is 12.5. The molecule has 0 radical (unpaired) electrons. The Hall–Kier alpha value is -4.21. The van der Waals surface area contributed by atoms with Crippen LogP contribution in [-0.2, 0) is 16.1 Å². The lowest BCUT2D eigenvalue weighted by molar-refractivity contribution is -0.274. The SMILES string of the molecule is CCOC(=O)COc1ccc(OCc2nn(-c3ccc(OC(F)(F)F)cc3)c3ccccc23)cc1C. The molecule has 1 heterocycles. The highest BCUT2D eigenvalue weighted by Gasteiger charge is 2.31. The Balaban J connectivity index is 1.50. The molecule has 0 atom stereocenters. The molecule has 0 N–H and O–H groups in total. The van der Waals surface area contributed by atoms with E-state index in [2.05, 4.69) is 9.84 Å². The van der Waals surface area contributed by atoms with Crippen molar-refractivity contribution in [2.75, 3.05) is 13.2 Å². The maximum absolute atomic E-state index is 12.5. The average Bonchev–Trinajstić information content (AvgIpc) is 3.20. The van der Waals surface area contributed by atoms with Gasteiger partial charge >= 0.3 is 12.3 Å². The van der Waals surface area contributed by atoms with E-state index in [1.807, 2.05) is 31.2 Å². The first-order valence-electron chi connectivity index (χ1n) is 11.1. The number of halogens is 3. The number of para-hydroxylation sites is 1. The first-order chi connectivity index (χ1) is 17.2. The molecule has 0 amide bonds. The van der Waals surface area contributed by atoms with E-state index in [0.717, 1.165) is 16.5 Å². The van der Waals surface area contributed by atoms with Crippen molar-refractivity contribution in [1.82, 2.24) is 9.78 Å². The van der Waals surface area contributed by atoms with Crippen LogP contribution in [0.3, 0.4) is 0 Å². The van der Waals surface area contributed by atoms with Gasteiger partial charge in [0, 0.05) is 5.39 Å². The second-order valence-electron chi connectivity index (χ2n) is 7.73. The molecule has 1 aromatic heterocycles. The van der Waals surface area contributed by atoms with Crippen LogP contribution in [0.4, 0.5) is 13.2 Å². The fourth-order valence-electron chi connectivity index (χ4n) is 3.59. The summed E-state index contributed by atoms with van der Waals surface area (Å²) < 4.78 is 59.3. The Bertz CT molecular complexity index is 1350. The number of hydrogen-bond donors (Lipinski definition) is 0. The summed E-state index contributed by atoms with van der Waals surface area (Å²) in [6.45, 7) is 3.83. The molecule has 0 spiro atoms. The molecule has 0 aliphatic carbocycles. The highest BCUT2D eigenvalue weighted by atomic mass is 19.4. The lowest BCUT2D eigenvalue weighted by Crippen LogP contribution is -2.17. The lowest BCUT2D eigenvalue weighted by Gasteiger charge is -2.11. The zero-order chi connectivity index (χ0) is 25.7. The summed E-state index contributed by atoms with van der Waals surface area (Å²) in [7, 11) is 0. The van der Waals surface area contributed by atoms with Crippen LogP contribution >= 0.6 is 0 Å². The zero-order valence-corrected chi connectivity index (χ0v) is 19.5. The maximum Gasteiger partial charge on any atom is 0.573 e. The van der Waals surface area contributed by atoms with Gasteiger partial charge in [-0.05, 0) is 67.9 Å². The summed E-state index contributed by atoms with van der Waals surface area (Å²) in [5.74, 6) is 0.380. The van der Waals surface area contributed by atoms with Crippen LogP contribution in [-0.4, -0.2) is 35.3 Å². The predicted octanol–water partition coefficient (Wildman–Crippen LogP) is 5.75. The van der Waals surface area contributed by atoms with Gasteiger partial charge in [-0.2, -0.15) is 5.10 Å². The summed E-state index contributed by atoms with van der Waals surface area (Å²) in [6, 6.07) is 18.2. The number of carbonyl (C=O) groups is 1. The van der Waals surface area contributed by atoms with Crippen molar-refractivity contribution >= 4 is 16.9 Å². The quantitative estimate of drug-likeness (QED) is 0.273. The summed E-state index contributed by atoms with van der Waals surface area (Å²) >= 11 is 0. The third-order valence-corrected chi connectivity index (χ3v) is 5.15. The Labute approximate surface area is 205 Å². The molecule has 0 saturated carbocycles. The van der Waals surface area contributed by atoms with Crippen molar-refractivity contribution in [2.45, 2.75) is 26.8 Å². The van der Waals surface area contributed by atoms with E-state index in [4.69, 9.17) is 14.2 Å². The number of aryl methyl sites for hydroxylation is 1. The van der Waals surface area contributed by atoms with Gasteiger partial charge in [0.25, 0.3) is 0 Å². The van der Waals surface area contributed by atoms with Crippen LogP contribution < -0.4 is 14.2 Å². The van der Waals surface area contributed by atoms with E-state index in [0.29, 0.717) is 22.9 Å². The summed E-state index contributed by atoms with van der Waals surface area (Å²) in [5.41, 5.74) is 2.79. The van der Waals surface area contributed by atoms with Gasteiger partial charge < -0.3 is 18.9 Å². The van der Waals surface area contributed by atoms with Crippen LogP contribution in [0, 0.1) is 6.92 Å². The fourth-order valence-corrected chi connectivity index (χ4v) is 3.59. The third kappa shape index (κ3) is 6.07. The second-order valence-corrected chi connectivity index (χ2v) is 7.73. The molecular weight excluding hydrogens is 477 g/mol. The lowest BCUT2D eigenvalue weighted by atomic mass is 10.2. The largest absolute Gasteiger partial charge is 0.573 e. The van der Waals surface area contributed by atoms with Gasteiger partial charge in [-0.15, -0.1) is 13.2 Å². The number of fused-ring (bicyclic) bond motifs is 1. The molecule has 10 heteroatoms. The molecule has 0 bridgehead atoms. The number of alkyl halides is 3. The van der Waals surface area contributed by atoms with E-state index in [1.54, 1.807) is 29.8 Å². The number of aromatic nitrogens is 2. The number of hydrogen-bond acceptors (Lipinski definition) is 6. The topological polar surface area (TPSA) is 71.8 Å². The number of nitrogens with zero attached hydrogens (tertiary/aromatic N) is 2. The third-order valence-electron chi connectivity index (χ3n) is 5.15. The van der Waals surface area contributed by atoms with E-state index in [9.17, 15) is 18.0 Å². The number of esters is 1. The number of carbonyl (C=O) groups excluding carboxylic acids is 1. The predicted molar refractivity (Wildman–Crippen MR) is 125 cm³/mol. The molecule has 188 valence electrons. The molecule has 4 rings (SSSR count). The van der Waals surface area contributed by atoms with Crippen LogP contribution in [0.25, 0.3) is 16.6 Å². The van der Waals surface area contributed by atoms with Gasteiger partial charge in [-0.25, -0.2) is 9.48 Å². The van der Waals surface area contributed by atoms with Crippen molar-refractivity contribution in [3.8, 4) is 22.9 Å². The van der Waals surface area contributed by atoms with Crippen LogP contribution in [0.2, 0.25) is 0 Å². The number of ether oxygens (including phenoxy) is 4. The zero-order valence-electron chi connectivity index (χ0n) is 19.5. The van der Waals surface area contributed by atoms with E-state index in [1.165, 1.54) is 24.3 Å². The normalized spacial score (nSPS) is 11.4. The first kappa shape index (κ1) is 24.9. The smallest absolute Gasteiger partial charge is 0.487 e. The summed E-state index contributed by atoms with van der Waals surface area (Å²) in [4.78, 5) is 11.5. The highest BCUT2D eigenvalue weighted by Crippen LogP contribution is 2.28. The van der Waals surface area contributed by atoms with Crippen LogP contribution in [0.5, 0.6) is 17.2 Å². The minimum atomic E-state index is -4.76. The molecule has 0 saturated heterocycles. The first-order valence-corrected chi connectivity index (χ1v) is 11.1. The highest BCUT2D eigenvalue weighted by molar-refractivity contribution is 5.83. The van der Waals surface area contributed by atoms with Gasteiger partial charge in [0.15, 0.2) is 6.61 Å². The van der Waals surface area contributed by atoms with Crippen molar-refractivity contribution in [1.29, 1.82) is 0 Å². The van der Waals surface area contributed by atoms with Crippen molar-refractivity contribution in [3.05, 3.63) is 78.0 Å². The minimum absolute atomic E-state index is 0.158. The number of rotatable bonds is 9. The summed E-state index contributed by atoms with van der Waals surface area (Å²) in [5, 5.41) is 5.48. The van der Waals surface area contributed by atoms with Crippen LogP contribution in [0.1, 0.15) is 18.2 Å². The number of benzene rings is 3. The molecule has 0 aliphatic rings. The van der Waals surface area contributed by atoms with Crippen molar-refractivity contribution in [2.24, 2.45) is 0 Å². The molecule has 0 unspecified atom stereocenters. The molecule has 0 aliphatic heterocycles. The van der Waals surface area contributed by atoms with Gasteiger partial charge in [-0.3, -0.25) is 0 Å². The van der Waals surface area contributed by atoms with Crippen molar-refractivity contribution in [3.63, 3.8) is 0 Å². The minimum Gasteiger partial charge on any atom is -0.487 e. The van der Waals surface area contributed by atoms with Gasteiger partial charge in [-0.1, -0.05) is 18.2 Å². The fraction of sp³-hybridized carbons (Fsp3) is 0.231. The van der Waals surface area contributed by atoms with E-state index < -0.39 is 12.3 Å². The standard InChI is InChI=1S/C26H23F3N2O5/c1-3-33-25(32)16-35-24-13-12-20(14-17(24)2)34-15-22-21-6-4-5-7-23(21)31(30-22)18-8-10-19(11-9-18)36-26(27,28)29/h4-14H,3,15-16H2,1-2H3. The Morgan fingerprint density at radius 1 is 0.972 bits per heavy atom. The molecule has 36 heavy (non-hydrogen) atoms. The molecule has 7 nitrogen and oxygen atoms in total. The average molecular weight is 500 g/mol. The molecule has 0 fully saturated rings. The van der Waals surface area contributed by atoms with Crippen LogP contribution in [0.15, 0.2) is 66.7 Å². The van der Waals surface area contributed by atoms with Crippen molar-refractivity contribution < 1.29 is 36.9 Å². The Morgan fingerprint density at radius 3 is 2.39 bits per heavy atom. The monoisotopic (exact) mass is 500 g/mol. The van der Waals surface area contributed by atoms with Gasteiger partial charge in [0.1, 0.15) is 29.5 Å².